The molecular formula is C33H40N2O4. The minimum Gasteiger partial charge on any atom is -0.497 e. The second-order valence-corrected chi connectivity index (χ2v) is 10.6. The Labute approximate surface area is 232 Å². The number of rotatable bonds is 8. The van der Waals surface area contributed by atoms with E-state index in [0.717, 1.165) is 37.4 Å². The number of hydrogen-bond acceptors (Lipinski definition) is 5. The number of hydrogen-bond donors (Lipinski definition) is 0. The third-order valence-corrected chi connectivity index (χ3v) is 8.47. The summed E-state index contributed by atoms with van der Waals surface area (Å²) >= 11 is 0. The van der Waals surface area contributed by atoms with Crippen LogP contribution in [0.2, 0.25) is 0 Å². The van der Waals surface area contributed by atoms with Crippen LogP contribution in [0.15, 0.2) is 72.8 Å². The number of nitrogens with zero attached hydrogens (tertiary/aromatic N) is 2. The van der Waals surface area contributed by atoms with E-state index in [9.17, 15) is 4.79 Å². The van der Waals surface area contributed by atoms with Gasteiger partial charge in [-0.25, -0.2) is 0 Å². The van der Waals surface area contributed by atoms with Gasteiger partial charge < -0.3 is 19.1 Å². The summed E-state index contributed by atoms with van der Waals surface area (Å²) in [5.74, 6) is 2.44. The van der Waals surface area contributed by atoms with Crippen LogP contribution in [0.4, 0.5) is 5.69 Å². The SMILES string of the molecule is COc1cccc(N(C(=O)c2ccc(OC)c(OC)c2)C2CCN([C@@H]3CCCC[C@@H]3c3ccccc3)CC2)c1. The first-order chi connectivity index (χ1) is 19.1. The Morgan fingerprint density at radius 1 is 0.769 bits per heavy atom. The van der Waals surface area contributed by atoms with Crippen LogP contribution in [0.25, 0.3) is 0 Å². The molecule has 1 aliphatic heterocycles. The highest BCUT2D eigenvalue weighted by atomic mass is 16.5. The van der Waals surface area contributed by atoms with Crippen molar-refractivity contribution in [2.24, 2.45) is 0 Å². The van der Waals surface area contributed by atoms with Gasteiger partial charge >= 0.3 is 0 Å². The number of carbonyl (C=O) groups is 1. The second kappa shape index (κ2) is 12.6. The predicted molar refractivity (Wildman–Crippen MR) is 155 cm³/mol. The van der Waals surface area contributed by atoms with Crippen molar-refractivity contribution in [1.82, 2.24) is 4.90 Å². The van der Waals surface area contributed by atoms with Crippen molar-refractivity contribution in [3.8, 4) is 17.2 Å². The molecular weight excluding hydrogens is 488 g/mol. The molecule has 0 radical (unpaired) electrons. The van der Waals surface area contributed by atoms with Gasteiger partial charge in [0.15, 0.2) is 11.5 Å². The fourth-order valence-corrected chi connectivity index (χ4v) is 6.48. The first kappa shape index (κ1) is 27.1. The van der Waals surface area contributed by atoms with Crippen LogP contribution < -0.4 is 19.1 Å². The molecule has 5 rings (SSSR count). The fourth-order valence-electron chi connectivity index (χ4n) is 6.48. The van der Waals surface area contributed by atoms with Gasteiger partial charge in [0.1, 0.15) is 5.75 Å². The summed E-state index contributed by atoms with van der Waals surface area (Å²) < 4.78 is 16.4. The van der Waals surface area contributed by atoms with Crippen LogP contribution in [-0.4, -0.2) is 57.3 Å². The molecule has 1 saturated heterocycles. The van der Waals surface area contributed by atoms with Crippen LogP contribution in [0.3, 0.4) is 0 Å². The number of methoxy groups -OCH3 is 3. The number of benzene rings is 3. The molecule has 206 valence electrons. The third kappa shape index (κ3) is 5.91. The average molecular weight is 529 g/mol. The van der Waals surface area contributed by atoms with Crippen LogP contribution in [0.1, 0.15) is 60.4 Å². The molecule has 0 N–H and O–H groups in total. The van der Waals surface area contributed by atoms with E-state index < -0.39 is 0 Å². The maximum absolute atomic E-state index is 14.1. The molecule has 1 aliphatic carbocycles. The first-order valence-corrected chi connectivity index (χ1v) is 14.1. The fraction of sp³-hybridized carbons (Fsp3) is 0.424. The molecule has 1 saturated carbocycles. The molecule has 2 aliphatic rings. The summed E-state index contributed by atoms with van der Waals surface area (Å²) in [6.45, 7) is 1.97. The third-order valence-electron chi connectivity index (χ3n) is 8.47. The number of carbonyl (C=O) groups excluding carboxylic acids is 1. The Balaban J connectivity index is 1.39. The van der Waals surface area contributed by atoms with Gasteiger partial charge in [-0.3, -0.25) is 9.69 Å². The molecule has 1 amide bonds. The van der Waals surface area contributed by atoms with Gasteiger partial charge in [0.25, 0.3) is 5.91 Å². The normalized spacial score (nSPS) is 20.3. The summed E-state index contributed by atoms with van der Waals surface area (Å²) in [5.41, 5.74) is 2.90. The van der Waals surface area contributed by atoms with Crippen molar-refractivity contribution in [3.63, 3.8) is 0 Å². The topological polar surface area (TPSA) is 51.2 Å². The molecule has 1 heterocycles. The molecule has 3 aromatic rings. The van der Waals surface area contributed by atoms with E-state index in [1.54, 1.807) is 33.5 Å². The number of likely N-dealkylation sites (tertiary alicyclic amines) is 1. The summed E-state index contributed by atoms with van der Waals surface area (Å²) in [6.07, 6.45) is 6.94. The lowest BCUT2D eigenvalue weighted by Crippen LogP contribution is -2.51. The zero-order valence-electron chi connectivity index (χ0n) is 23.3. The quantitative estimate of drug-likeness (QED) is 0.332. The number of piperidine rings is 1. The van der Waals surface area contributed by atoms with Crippen LogP contribution in [0.5, 0.6) is 17.2 Å². The Bertz CT molecular complexity index is 1240. The van der Waals surface area contributed by atoms with E-state index in [1.165, 1.54) is 31.2 Å². The zero-order valence-corrected chi connectivity index (χ0v) is 23.3. The highest BCUT2D eigenvalue weighted by Gasteiger charge is 2.36. The highest BCUT2D eigenvalue weighted by molar-refractivity contribution is 6.07. The predicted octanol–water partition coefficient (Wildman–Crippen LogP) is 6.55. The largest absolute Gasteiger partial charge is 0.497 e. The van der Waals surface area contributed by atoms with E-state index in [-0.39, 0.29) is 11.9 Å². The summed E-state index contributed by atoms with van der Waals surface area (Å²) in [4.78, 5) is 18.8. The van der Waals surface area contributed by atoms with Gasteiger partial charge in [-0.05, 0) is 67.5 Å². The van der Waals surface area contributed by atoms with Gasteiger partial charge in [-0.2, -0.15) is 0 Å². The monoisotopic (exact) mass is 528 g/mol. The number of ether oxygens (including phenoxy) is 3. The van der Waals surface area contributed by atoms with Crippen molar-refractivity contribution in [2.45, 2.75) is 56.5 Å². The summed E-state index contributed by atoms with van der Waals surface area (Å²) in [6, 6.07) is 24.9. The number of amides is 1. The molecule has 0 aromatic heterocycles. The minimum absolute atomic E-state index is 0.0394. The molecule has 39 heavy (non-hydrogen) atoms. The molecule has 0 spiro atoms. The van der Waals surface area contributed by atoms with Crippen molar-refractivity contribution in [1.29, 1.82) is 0 Å². The minimum atomic E-state index is -0.0394. The van der Waals surface area contributed by atoms with Crippen LogP contribution in [-0.2, 0) is 0 Å². The Hall–Kier alpha value is -3.51. The van der Waals surface area contributed by atoms with E-state index in [1.807, 2.05) is 35.2 Å². The first-order valence-electron chi connectivity index (χ1n) is 14.1. The van der Waals surface area contributed by atoms with Crippen molar-refractivity contribution >= 4 is 11.6 Å². The van der Waals surface area contributed by atoms with Crippen molar-refractivity contribution in [3.05, 3.63) is 83.9 Å². The van der Waals surface area contributed by atoms with Gasteiger partial charge in [-0.1, -0.05) is 49.2 Å². The number of anilines is 1. The van der Waals surface area contributed by atoms with E-state index >= 15 is 0 Å². The molecule has 6 heteroatoms. The lowest BCUT2D eigenvalue weighted by atomic mass is 9.78. The smallest absolute Gasteiger partial charge is 0.258 e. The maximum Gasteiger partial charge on any atom is 0.258 e. The lowest BCUT2D eigenvalue weighted by Gasteiger charge is -2.45. The molecule has 2 fully saturated rings. The molecule has 0 unspecified atom stereocenters. The lowest BCUT2D eigenvalue weighted by molar-refractivity contribution is 0.0894. The van der Waals surface area contributed by atoms with E-state index in [2.05, 4.69) is 35.2 Å². The van der Waals surface area contributed by atoms with Gasteiger partial charge in [0.05, 0.1) is 21.3 Å². The molecule has 2 atom stereocenters. The highest BCUT2D eigenvalue weighted by Crippen LogP contribution is 2.38. The van der Waals surface area contributed by atoms with Gasteiger partial charge in [-0.15, -0.1) is 0 Å². The Morgan fingerprint density at radius 2 is 1.51 bits per heavy atom. The van der Waals surface area contributed by atoms with E-state index in [0.29, 0.717) is 29.0 Å². The standard InChI is InChI=1S/C33H40N2O4/c1-37-28-13-9-12-27(23-28)35(33(36)25-16-17-31(38-2)32(22-25)39-3)26-18-20-34(21-19-26)30-15-8-7-14-29(30)24-10-5-4-6-11-24/h4-6,9-13,16-17,22-23,26,29-30H,7-8,14-15,18-21H2,1-3H3/t29-,30-/m1/s1. The summed E-state index contributed by atoms with van der Waals surface area (Å²) in [5, 5.41) is 0. The molecule has 0 bridgehead atoms. The van der Waals surface area contributed by atoms with Crippen LogP contribution >= 0.6 is 0 Å². The van der Waals surface area contributed by atoms with Crippen molar-refractivity contribution in [2.75, 3.05) is 39.3 Å². The molecule has 3 aromatic carbocycles. The Kier molecular flexibility index (Phi) is 8.72. The van der Waals surface area contributed by atoms with Gasteiger partial charge in [0.2, 0.25) is 0 Å². The van der Waals surface area contributed by atoms with Crippen LogP contribution in [0, 0.1) is 0 Å². The Morgan fingerprint density at radius 3 is 2.23 bits per heavy atom. The zero-order chi connectivity index (χ0) is 27.2. The van der Waals surface area contributed by atoms with Gasteiger partial charge in [0, 0.05) is 42.5 Å². The maximum atomic E-state index is 14.1. The van der Waals surface area contributed by atoms with E-state index in [4.69, 9.17) is 14.2 Å². The second-order valence-electron chi connectivity index (χ2n) is 10.6. The summed E-state index contributed by atoms with van der Waals surface area (Å²) in [7, 11) is 4.85. The molecule has 6 nitrogen and oxygen atoms in total. The van der Waals surface area contributed by atoms with Crippen molar-refractivity contribution < 1.29 is 19.0 Å². The average Bonchev–Trinajstić information content (AvgIpc) is 3.01.